The molecule has 4 nitrogen and oxygen atoms in total. The van der Waals surface area contributed by atoms with E-state index in [1.165, 1.54) is 12.1 Å². The number of morpholine rings is 1. The van der Waals surface area contributed by atoms with Gasteiger partial charge in [0.25, 0.3) is 0 Å². The van der Waals surface area contributed by atoms with Crippen LogP contribution in [0.2, 0.25) is 0 Å². The van der Waals surface area contributed by atoms with E-state index >= 15 is 0 Å². The lowest BCUT2D eigenvalue weighted by atomic mass is 10.1. The summed E-state index contributed by atoms with van der Waals surface area (Å²) in [6, 6.07) is 7.75. The molecule has 1 fully saturated rings. The summed E-state index contributed by atoms with van der Waals surface area (Å²) in [5.41, 5.74) is 0.911. The summed E-state index contributed by atoms with van der Waals surface area (Å²) in [7, 11) is 0. The number of hydrogen-bond acceptors (Lipinski definition) is 3. The summed E-state index contributed by atoms with van der Waals surface area (Å²) in [6.45, 7) is 4.02. The van der Waals surface area contributed by atoms with Gasteiger partial charge in [0.1, 0.15) is 17.5 Å². The van der Waals surface area contributed by atoms with Crippen LogP contribution >= 0.6 is 0 Å². The van der Waals surface area contributed by atoms with Crippen LogP contribution in [-0.2, 0) is 9.53 Å². The first kappa shape index (κ1) is 19.9. The molecule has 1 saturated heterocycles. The van der Waals surface area contributed by atoms with Crippen LogP contribution in [0.15, 0.2) is 42.5 Å². The molecule has 1 unspecified atom stereocenters. The van der Waals surface area contributed by atoms with Gasteiger partial charge in [-0.3, -0.25) is 4.79 Å². The predicted molar refractivity (Wildman–Crippen MR) is 101 cm³/mol. The number of rotatable bonds is 5. The van der Waals surface area contributed by atoms with E-state index in [9.17, 15) is 18.0 Å². The molecule has 0 bridgehead atoms. The molecule has 148 valence electrons. The van der Waals surface area contributed by atoms with Crippen LogP contribution in [0.5, 0.6) is 0 Å². The second-order valence-electron chi connectivity index (χ2n) is 6.51. The summed E-state index contributed by atoms with van der Waals surface area (Å²) in [6.07, 6.45) is 2.17. The van der Waals surface area contributed by atoms with Crippen LogP contribution in [0, 0.1) is 17.5 Å². The zero-order valence-corrected chi connectivity index (χ0v) is 15.4. The van der Waals surface area contributed by atoms with Crippen molar-refractivity contribution >= 4 is 17.7 Å². The van der Waals surface area contributed by atoms with Gasteiger partial charge in [0.2, 0.25) is 5.91 Å². The van der Waals surface area contributed by atoms with Gasteiger partial charge in [-0.1, -0.05) is 12.1 Å². The second-order valence-corrected chi connectivity index (χ2v) is 6.51. The molecule has 0 aliphatic carbocycles. The van der Waals surface area contributed by atoms with Gasteiger partial charge >= 0.3 is 0 Å². The Morgan fingerprint density at radius 3 is 2.46 bits per heavy atom. The summed E-state index contributed by atoms with van der Waals surface area (Å²) < 4.78 is 46.7. The predicted octanol–water partition coefficient (Wildman–Crippen LogP) is 3.83. The summed E-state index contributed by atoms with van der Waals surface area (Å²) in [5, 5.41) is 2.72. The molecule has 0 saturated carbocycles. The maximum absolute atomic E-state index is 14.2. The van der Waals surface area contributed by atoms with Crippen molar-refractivity contribution in [2.75, 3.05) is 31.2 Å². The van der Waals surface area contributed by atoms with Crippen molar-refractivity contribution in [3.8, 4) is 0 Å². The lowest BCUT2D eigenvalue weighted by Gasteiger charge is -2.29. The summed E-state index contributed by atoms with van der Waals surface area (Å²) in [5.74, 6) is -2.33. The molecule has 3 rings (SSSR count). The average Bonchev–Trinajstić information content (AvgIpc) is 2.68. The third kappa shape index (κ3) is 4.72. The van der Waals surface area contributed by atoms with Crippen molar-refractivity contribution in [3.05, 3.63) is 71.1 Å². The Labute approximate surface area is 161 Å². The van der Waals surface area contributed by atoms with Gasteiger partial charge < -0.3 is 15.0 Å². The lowest BCUT2D eigenvalue weighted by Crippen LogP contribution is -2.37. The lowest BCUT2D eigenvalue weighted by molar-refractivity contribution is -0.117. The second kappa shape index (κ2) is 8.93. The van der Waals surface area contributed by atoms with Crippen molar-refractivity contribution in [2.45, 2.75) is 13.0 Å². The minimum atomic E-state index is -0.745. The van der Waals surface area contributed by atoms with E-state index in [2.05, 4.69) is 5.32 Å². The Hall–Kier alpha value is -2.80. The molecule has 2 aromatic carbocycles. The molecule has 1 aliphatic heterocycles. The number of ether oxygens (including phenoxy) is 1. The Bertz CT molecular complexity index is 860. The van der Waals surface area contributed by atoms with Crippen LogP contribution in [0.1, 0.15) is 24.1 Å². The van der Waals surface area contributed by atoms with E-state index in [0.717, 1.165) is 29.8 Å². The summed E-state index contributed by atoms with van der Waals surface area (Å²) >= 11 is 0. The maximum atomic E-state index is 14.2. The normalized spacial score (nSPS) is 15.6. The Morgan fingerprint density at radius 1 is 1.11 bits per heavy atom. The zero-order chi connectivity index (χ0) is 20.1. The van der Waals surface area contributed by atoms with Crippen LogP contribution in [0.25, 0.3) is 6.08 Å². The molecule has 1 aliphatic rings. The molecular weight excluding hydrogens is 369 g/mol. The number of benzene rings is 2. The van der Waals surface area contributed by atoms with Crippen molar-refractivity contribution < 1.29 is 22.7 Å². The number of hydrogen-bond donors (Lipinski definition) is 1. The summed E-state index contributed by atoms with van der Waals surface area (Å²) in [4.78, 5) is 14.0. The Morgan fingerprint density at radius 2 is 1.79 bits per heavy atom. The van der Waals surface area contributed by atoms with Crippen molar-refractivity contribution in [1.82, 2.24) is 5.32 Å². The molecule has 1 amide bonds. The number of anilines is 1. The third-order valence-corrected chi connectivity index (χ3v) is 4.58. The van der Waals surface area contributed by atoms with Gasteiger partial charge in [-0.25, -0.2) is 13.2 Å². The van der Waals surface area contributed by atoms with E-state index in [0.29, 0.717) is 32.0 Å². The first-order valence-electron chi connectivity index (χ1n) is 9.00. The van der Waals surface area contributed by atoms with E-state index in [1.807, 2.05) is 4.90 Å². The molecule has 0 spiro atoms. The number of nitrogens with zero attached hydrogens (tertiary/aromatic N) is 1. The fraction of sp³-hybridized carbons (Fsp3) is 0.286. The topological polar surface area (TPSA) is 41.6 Å². The Kier molecular flexibility index (Phi) is 6.36. The number of carbonyl (C=O) groups excluding carboxylic acids is 1. The van der Waals surface area contributed by atoms with E-state index < -0.39 is 23.6 Å². The highest BCUT2D eigenvalue weighted by atomic mass is 19.1. The molecule has 1 heterocycles. The maximum Gasteiger partial charge on any atom is 0.244 e. The standard InChI is InChI=1S/C21H21F3N2O2/c1-14(25-21(27)8-6-16-17(22)3-2-4-18(16)23)15-5-7-19(24)20(13-15)26-9-11-28-12-10-26/h2-8,13-14H,9-12H2,1H3,(H,25,27). The van der Waals surface area contributed by atoms with Gasteiger partial charge in [-0.15, -0.1) is 0 Å². The van der Waals surface area contributed by atoms with Crippen LogP contribution in [0.3, 0.4) is 0 Å². The molecule has 1 N–H and O–H groups in total. The molecule has 2 aromatic rings. The van der Waals surface area contributed by atoms with Crippen LogP contribution < -0.4 is 10.2 Å². The van der Waals surface area contributed by atoms with E-state index in [4.69, 9.17) is 4.74 Å². The van der Waals surface area contributed by atoms with Gasteiger partial charge in [0.05, 0.1) is 24.9 Å². The third-order valence-electron chi connectivity index (χ3n) is 4.58. The average molecular weight is 390 g/mol. The number of carbonyl (C=O) groups is 1. The molecule has 0 radical (unpaired) electrons. The fourth-order valence-electron chi connectivity index (χ4n) is 3.02. The van der Waals surface area contributed by atoms with Crippen LogP contribution in [-0.4, -0.2) is 32.2 Å². The highest BCUT2D eigenvalue weighted by molar-refractivity contribution is 5.92. The quantitative estimate of drug-likeness (QED) is 0.789. The molecule has 7 heteroatoms. The minimum absolute atomic E-state index is 0.276. The van der Waals surface area contributed by atoms with Gasteiger partial charge in [0.15, 0.2) is 0 Å². The Balaban J connectivity index is 1.69. The highest BCUT2D eigenvalue weighted by Gasteiger charge is 2.17. The van der Waals surface area contributed by atoms with Gasteiger partial charge in [-0.05, 0) is 42.8 Å². The SMILES string of the molecule is CC(NC(=O)C=Cc1c(F)cccc1F)c1ccc(F)c(N2CCOCC2)c1. The minimum Gasteiger partial charge on any atom is -0.378 e. The van der Waals surface area contributed by atoms with E-state index in [1.54, 1.807) is 19.1 Å². The van der Waals surface area contributed by atoms with Crippen molar-refractivity contribution in [3.63, 3.8) is 0 Å². The first-order chi connectivity index (χ1) is 13.5. The van der Waals surface area contributed by atoms with E-state index in [-0.39, 0.29) is 11.4 Å². The van der Waals surface area contributed by atoms with Crippen molar-refractivity contribution in [1.29, 1.82) is 0 Å². The number of amides is 1. The number of nitrogens with one attached hydrogen (secondary N) is 1. The first-order valence-corrected chi connectivity index (χ1v) is 9.00. The van der Waals surface area contributed by atoms with Gasteiger partial charge in [-0.2, -0.15) is 0 Å². The highest BCUT2D eigenvalue weighted by Crippen LogP contribution is 2.25. The smallest absolute Gasteiger partial charge is 0.244 e. The number of halogens is 3. The fourth-order valence-corrected chi connectivity index (χ4v) is 3.02. The van der Waals surface area contributed by atoms with Crippen LogP contribution in [0.4, 0.5) is 18.9 Å². The molecule has 0 aromatic heterocycles. The molecular formula is C21H21F3N2O2. The van der Waals surface area contributed by atoms with Crippen molar-refractivity contribution in [2.24, 2.45) is 0 Å². The molecule has 28 heavy (non-hydrogen) atoms. The zero-order valence-electron chi connectivity index (χ0n) is 15.4. The largest absolute Gasteiger partial charge is 0.378 e. The monoisotopic (exact) mass is 390 g/mol. The molecule has 1 atom stereocenters. The van der Waals surface area contributed by atoms with Gasteiger partial charge in [0, 0.05) is 24.7 Å².